The van der Waals surface area contributed by atoms with Crippen LogP contribution in [0.5, 0.6) is 0 Å². The molecule has 160 valence electrons. The minimum atomic E-state index is -0.469. The van der Waals surface area contributed by atoms with Crippen LogP contribution in [0.4, 0.5) is 0 Å². The molecule has 0 radical (unpaired) electrons. The Morgan fingerprint density at radius 3 is 2.48 bits per heavy atom. The van der Waals surface area contributed by atoms with Crippen LogP contribution in [0.3, 0.4) is 0 Å². The SMILES string of the molecule is Cc1cc(=O)c(C(=O)NCc2ccccc2C[NH+]2CCOCC2)nn1-c1ccccc1. The van der Waals surface area contributed by atoms with E-state index in [1.165, 1.54) is 16.5 Å². The molecule has 2 N–H and O–H groups in total. The van der Waals surface area contributed by atoms with Gasteiger partial charge >= 0.3 is 0 Å². The molecule has 1 aliphatic rings. The first kappa shape index (κ1) is 21.0. The van der Waals surface area contributed by atoms with Gasteiger partial charge in [-0.3, -0.25) is 9.59 Å². The van der Waals surface area contributed by atoms with E-state index < -0.39 is 5.91 Å². The quantitative estimate of drug-likeness (QED) is 0.622. The smallest absolute Gasteiger partial charge is 0.276 e. The molecule has 0 saturated carbocycles. The highest BCUT2D eigenvalue weighted by Gasteiger charge is 2.18. The number of aromatic nitrogens is 2. The second-order valence-electron chi connectivity index (χ2n) is 7.74. The molecule has 1 aromatic heterocycles. The number of ether oxygens (including phenoxy) is 1. The number of quaternary nitrogens is 1. The van der Waals surface area contributed by atoms with Gasteiger partial charge in [0.15, 0.2) is 5.69 Å². The van der Waals surface area contributed by atoms with E-state index in [2.05, 4.69) is 16.5 Å². The monoisotopic (exact) mass is 419 g/mol. The highest BCUT2D eigenvalue weighted by Crippen LogP contribution is 2.09. The molecule has 31 heavy (non-hydrogen) atoms. The topological polar surface area (TPSA) is 77.7 Å². The molecule has 7 heteroatoms. The Bertz CT molecular complexity index is 1110. The van der Waals surface area contributed by atoms with Gasteiger partial charge in [0.05, 0.1) is 18.9 Å². The third-order valence-electron chi connectivity index (χ3n) is 5.52. The number of amides is 1. The molecule has 0 unspecified atom stereocenters. The highest BCUT2D eigenvalue weighted by molar-refractivity contribution is 5.92. The number of benzene rings is 2. The van der Waals surface area contributed by atoms with Crippen molar-refractivity contribution in [2.24, 2.45) is 0 Å². The lowest BCUT2D eigenvalue weighted by Gasteiger charge is -2.24. The summed E-state index contributed by atoms with van der Waals surface area (Å²) in [6.45, 7) is 6.55. The van der Waals surface area contributed by atoms with Crippen LogP contribution < -0.4 is 15.6 Å². The maximum atomic E-state index is 12.8. The van der Waals surface area contributed by atoms with Gasteiger partial charge in [0.1, 0.15) is 19.6 Å². The maximum absolute atomic E-state index is 12.8. The predicted octanol–water partition coefficient (Wildman–Crippen LogP) is 0.886. The van der Waals surface area contributed by atoms with E-state index in [-0.39, 0.29) is 11.1 Å². The number of nitrogens with one attached hydrogen (secondary N) is 2. The van der Waals surface area contributed by atoms with Crippen LogP contribution in [0.2, 0.25) is 0 Å². The standard InChI is InChI=1S/C24H26N4O3/c1-18-15-22(29)23(26-28(18)21-9-3-2-4-10-21)24(30)25-16-19-7-5-6-8-20(19)17-27-11-13-31-14-12-27/h2-10,15H,11-14,16-17H2,1H3,(H,25,30)/p+1. The van der Waals surface area contributed by atoms with Crippen molar-refractivity contribution in [2.45, 2.75) is 20.0 Å². The summed E-state index contributed by atoms with van der Waals surface area (Å²) >= 11 is 0. The summed E-state index contributed by atoms with van der Waals surface area (Å²) < 4.78 is 7.06. The van der Waals surface area contributed by atoms with Crippen LogP contribution in [-0.2, 0) is 17.8 Å². The zero-order chi connectivity index (χ0) is 21.6. The Hall–Kier alpha value is -3.29. The predicted molar refractivity (Wildman–Crippen MR) is 117 cm³/mol. The molecule has 1 saturated heterocycles. The first-order valence-corrected chi connectivity index (χ1v) is 10.5. The van der Waals surface area contributed by atoms with Crippen molar-refractivity contribution >= 4 is 5.91 Å². The van der Waals surface area contributed by atoms with Gasteiger partial charge < -0.3 is 15.0 Å². The van der Waals surface area contributed by atoms with Crippen LogP contribution in [0, 0.1) is 6.92 Å². The number of aryl methyl sites for hydroxylation is 1. The molecule has 0 atom stereocenters. The Balaban J connectivity index is 1.50. The van der Waals surface area contributed by atoms with Crippen molar-refractivity contribution in [2.75, 3.05) is 26.3 Å². The Morgan fingerprint density at radius 1 is 1.06 bits per heavy atom. The van der Waals surface area contributed by atoms with Gasteiger partial charge in [0.2, 0.25) is 5.43 Å². The summed E-state index contributed by atoms with van der Waals surface area (Å²) in [6.07, 6.45) is 0. The summed E-state index contributed by atoms with van der Waals surface area (Å²) in [5, 5.41) is 7.23. The summed E-state index contributed by atoms with van der Waals surface area (Å²) in [6, 6.07) is 19.0. The minimum Gasteiger partial charge on any atom is -0.370 e. The molecule has 2 heterocycles. The molecule has 4 rings (SSSR count). The van der Waals surface area contributed by atoms with E-state index >= 15 is 0 Å². The summed E-state index contributed by atoms with van der Waals surface area (Å²) in [5.41, 5.74) is 3.22. The van der Waals surface area contributed by atoms with Gasteiger partial charge in [-0.2, -0.15) is 5.10 Å². The van der Waals surface area contributed by atoms with Crippen molar-refractivity contribution in [3.05, 3.63) is 93.4 Å². The third kappa shape index (κ3) is 5.07. The number of para-hydroxylation sites is 1. The van der Waals surface area contributed by atoms with Crippen LogP contribution >= 0.6 is 0 Å². The summed E-state index contributed by atoms with van der Waals surface area (Å²) in [7, 11) is 0. The second kappa shape index (κ2) is 9.68. The summed E-state index contributed by atoms with van der Waals surface area (Å²) in [4.78, 5) is 26.7. The van der Waals surface area contributed by atoms with Crippen molar-refractivity contribution < 1.29 is 14.4 Å². The summed E-state index contributed by atoms with van der Waals surface area (Å²) in [5.74, 6) is -0.469. The fourth-order valence-electron chi connectivity index (χ4n) is 3.80. The molecular formula is C24H27N4O3+. The lowest BCUT2D eigenvalue weighted by atomic mass is 10.1. The third-order valence-corrected chi connectivity index (χ3v) is 5.52. The van der Waals surface area contributed by atoms with Crippen LogP contribution in [-0.4, -0.2) is 42.0 Å². The number of carbonyl (C=O) groups is 1. The van der Waals surface area contributed by atoms with Crippen molar-refractivity contribution in [1.29, 1.82) is 0 Å². The Labute approximate surface area is 181 Å². The first-order chi connectivity index (χ1) is 15.1. The molecule has 2 aromatic carbocycles. The fraction of sp³-hybridized carbons (Fsp3) is 0.292. The number of carbonyl (C=O) groups excluding carboxylic acids is 1. The normalized spacial score (nSPS) is 14.4. The average Bonchev–Trinajstić information content (AvgIpc) is 2.80. The highest BCUT2D eigenvalue weighted by atomic mass is 16.5. The van der Waals surface area contributed by atoms with Crippen LogP contribution in [0.15, 0.2) is 65.5 Å². The average molecular weight is 420 g/mol. The lowest BCUT2D eigenvalue weighted by Crippen LogP contribution is -3.12. The Kier molecular flexibility index (Phi) is 6.54. The van der Waals surface area contributed by atoms with Gasteiger partial charge in [-0.1, -0.05) is 42.5 Å². The van der Waals surface area contributed by atoms with Crippen molar-refractivity contribution in [1.82, 2.24) is 15.1 Å². The van der Waals surface area contributed by atoms with Gasteiger partial charge in [0.25, 0.3) is 5.91 Å². The van der Waals surface area contributed by atoms with E-state index in [4.69, 9.17) is 4.74 Å². The van der Waals surface area contributed by atoms with E-state index in [1.54, 1.807) is 11.6 Å². The molecule has 7 nitrogen and oxygen atoms in total. The molecule has 1 amide bonds. The lowest BCUT2D eigenvalue weighted by molar-refractivity contribution is -0.921. The fourth-order valence-corrected chi connectivity index (χ4v) is 3.80. The van der Waals surface area contributed by atoms with Gasteiger partial charge in [0, 0.05) is 23.9 Å². The number of morpholine rings is 1. The van der Waals surface area contributed by atoms with Gasteiger partial charge in [-0.15, -0.1) is 0 Å². The van der Waals surface area contributed by atoms with Crippen molar-refractivity contribution in [3.8, 4) is 5.69 Å². The maximum Gasteiger partial charge on any atom is 0.276 e. The van der Waals surface area contributed by atoms with E-state index in [0.717, 1.165) is 44.1 Å². The molecule has 0 bridgehead atoms. The number of hydrogen-bond donors (Lipinski definition) is 2. The van der Waals surface area contributed by atoms with Gasteiger partial charge in [-0.05, 0) is 24.6 Å². The van der Waals surface area contributed by atoms with E-state index in [1.807, 2.05) is 48.5 Å². The first-order valence-electron chi connectivity index (χ1n) is 10.5. The number of rotatable bonds is 6. The van der Waals surface area contributed by atoms with Crippen molar-refractivity contribution in [3.63, 3.8) is 0 Å². The van der Waals surface area contributed by atoms with E-state index in [9.17, 15) is 9.59 Å². The number of nitrogens with zero attached hydrogens (tertiary/aromatic N) is 2. The Morgan fingerprint density at radius 2 is 1.74 bits per heavy atom. The van der Waals surface area contributed by atoms with E-state index in [0.29, 0.717) is 12.2 Å². The molecule has 1 fully saturated rings. The van der Waals surface area contributed by atoms with Crippen LogP contribution in [0.1, 0.15) is 27.3 Å². The zero-order valence-corrected chi connectivity index (χ0v) is 17.6. The molecular weight excluding hydrogens is 392 g/mol. The second-order valence-corrected chi connectivity index (χ2v) is 7.74. The van der Waals surface area contributed by atoms with Gasteiger partial charge in [-0.25, -0.2) is 4.68 Å². The largest absolute Gasteiger partial charge is 0.370 e. The van der Waals surface area contributed by atoms with Crippen LogP contribution in [0.25, 0.3) is 5.69 Å². The minimum absolute atomic E-state index is 0.106. The zero-order valence-electron chi connectivity index (χ0n) is 17.6. The molecule has 0 spiro atoms. The molecule has 0 aliphatic carbocycles. The molecule has 1 aliphatic heterocycles. The molecule has 3 aromatic rings. The number of hydrogen-bond acceptors (Lipinski definition) is 4.